The van der Waals surface area contributed by atoms with E-state index in [2.05, 4.69) is 4.74 Å². The minimum Gasteiger partial charge on any atom is -0.468 e. The van der Waals surface area contributed by atoms with Crippen molar-refractivity contribution < 1.29 is 17.9 Å². The van der Waals surface area contributed by atoms with E-state index in [1.807, 2.05) is 6.92 Å². The van der Waals surface area contributed by atoms with Gasteiger partial charge in [0.1, 0.15) is 6.54 Å². The number of hydrogen-bond donors (Lipinski definition) is 0. The molecule has 6 nitrogen and oxygen atoms in total. The fourth-order valence-electron chi connectivity index (χ4n) is 1.88. The van der Waals surface area contributed by atoms with Gasteiger partial charge in [-0.3, -0.25) is 4.79 Å². The molecule has 1 aliphatic rings. The molecule has 0 radical (unpaired) electrons. The van der Waals surface area contributed by atoms with Crippen molar-refractivity contribution >= 4 is 16.2 Å². The van der Waals surface area contributed by atoms with Gasteiger partial charge in [0.15, 0.2) is 0 Å². The second-order valence-electron chi connectivity index (χ2n) is 4.45. The minimum atomic E-state index is -3.53. The molecule has 100 valence electrons. The number of methoxy groups -OCH3 is 1. The first-order valence-corrected chi connectivity index (χ1v) is 7.06. The Morgan fingerprint density at radius 2 is 2.18 bits per heavy atom. The second kappa shape index (κ2) is 5.79. The zero-order chi connectivity index (χ0) is 13.1. The van der Waals surface area contributed by atoms with Crippen LogP contribution in [0.4, 0.5) is 0 Å². The summed E-state index contributed by atoms with van der Waals surface area (Å²) in [5, 5.41) is 0. The fraction of sp³-hybridized carbons (Fsp3) is 0.900. The summed E-state index contributed by atoms with van der Waals surface area (Å²) in [7, 11) is -0.898. The summed E-state index contributed by atoms with van der Waals surface area (Å²) < 4.78 is 31.2. The maximum absolute atomic E-state index is 12.1. The molecule has 7 heteroatoms. The van der Waals surface area contributed by atoms with Crippen LogP contribution in [-0.4, -0.2) is 56.8 Å². The van der Waals surface area contributed by atoms with Gasteiger partial charge in [-0.1, -0.05) is 6.92 Å². The summed E-state index contributed by atoms with van der Waals surface area (Å²) in [6.07, 6.45) is 1.92. The van der Waals surface area contributed by atoms with Crippen molar-refractivity contribution in [1.29, 1.82) is 0 Å². The largest absolute Gasteiger partial charge is 0.468 e. The van der Waals surface area contributed by atoms with Crippen molar-refractivity contribution in [3.05, 3.63) is 0 Å². The number of rotatable bonds is 4. The van der Waals surface area contributed by atoms with E-state index in [0.717, 1.165) is 17.1 Å². The monoisotopic (exact) mass is 264 g/mol. The van der Waals surface area contributed by atoms with Crippen LogP contribution in [0.15, 0.2) is 0 Å². The standard InChI is InChI=1S/C10H20N2O4S/c1-9-5-4-6-12(7-9)17(14,15)11(2)8-10(13)16-3/h9H,4-8H2,1-3H3. The zero-order valence-corrected chi connectivity index (χ0v) is 11.4. The van der Waals surface area contributed by atoms with Gasteiger partial charge in [0.25, 0.3) is 10.2 Å². The van der Waals surface area contributed by atoms with E-state index >= 15 is 0 Å². The molecule has 1 unspecified atom stereocenters. The van der Waals surface area contributed by atoms with Crippen molar-refractivity contribution in [2.75, 3.05) is 33.8 Å². The first kappa shape index (κ1) is 14.4. The van der Waals surface area contributed by atoms with Crippen molar-refractivity contribution in [2.24, 2.45) is 5.92 Å². The lowest BCUT2D eigenvalue weighted by molar-refractivity contribution is -0.140. The number of ether oxygens (including phenoxy) is 1. The molecule has 0 aliphatic carbocycles. The number of carbonyl (C=O) groups excluding carboxylic acids is 1. The third-order valence-corrected chi connectivity index (χ3v) is 4.82. The van der Waals surface area contributed by atoms with Gasteiger partial charge in [-0.2, -0.15) is 17.0 Å². The van der Waals surface area contributed by atoms with E-state index in [0.29, 0.717) is 19.0 Å². The summed E-state index contributed by atoms with van der Waals surface area (Å²) in [6, 6.07) is 0. The van der Waals surface area contributed by atoms with Gasteiger partial charge in [0.2, 0.25) is 0 Å². The lowest BCUT2D eigenvalue weighted by atomic mass is 10.0. The number of esters is 1. The van der Waals surface area contributed by atoms with Crippen LogP contribution in [0.3, 0.4) is 0 Å². The van der Waals surface area contributed by atoms with Gasteiger partial charge < -0.3 is 4.74 Å². The smallest absolute Gasteiger partial charge is 0.321 e. The lowest BCUT2D eigenvalue weighted by Crippen LogP contribution is -2.47. The summed E-state index contributed by atoms with van der Waals surface area (Å²) in [6.45, 7) is 2.83. The molecule has 0 aromatic heterocycles. The quantitative estimate of drug-likeness (QED) is 0.674. The highest BCUT2D eigenvalue weighted by Crippen LogP contribution is 2.19. The van der Waals surface area contributed by atoms with Gasteiger partial charge in [-0.05, 0) is 18.8 Å². The molecule has 1 atom stereocenters. The topological polar surface area (TPSA) is 66.9 Å². The average Bonchev–Trinajstić information content (AvgIpc) is 2.28. The Morgan fingerprint density at radius 3 is 2.71 bits per heavy atom. The van der Waals surface area contributed by atoms with E-state index < -0.39 is 16.2 Å². The highest BCUT2D eigenvalue weighted by Gasteiger charge is 2.31. The number of piperidine rings is 1. The summed E-state index contributed by atoms with van der Waals surface area (Å²) in [5.41, 5.74) is 0. The van der Waals surface area contributed by atoms with E-state index in [4.69, 9.17) is 0 Å². The van der Waals surface area contributed by atoms with Gasteiger partial charge in [-0.15, -0.1) is 0 Å². The SMILES string of the molecule is COC(=O)CN(C)S(=O)(=O)N1CCCC(C)C1. The Labute approximate surface area is 103 Å². The van der Waals surface area contributed by atoms with Crippen molar-refractivity contribution in [2.45, 2.75) is 19.8 Å². The number of nitrogens with zero attached hydrogens (tertiary/aromatic N) is 2. The summed E-state index contributed by atoms with van der Waals surface area (Å²) in [4.78, 5) is 11.1. The molecule has 0 aromatic carbocycles. The molecule has 1 aliphatic heterocycles. The van der Waals surface area contributed by atoms with Crippen LogP contribution in [0.25, 0.3) is 0 Å². The van der Waals surface area contributed by atoms with Gasteiger partial charge in [0.05, 0.1) is 7.11 Å². The van der Waals surface area contributed by atoms with E-state index in [9.17, 15) is 13.2 Å². The second-order valence-corrected chi connectivity index (χ2v) is 6.48. The molecule has 0 spiro atoms. The van der Waals surface area contributed by atoms with Gasteiger partial charge in [0, 0.05) is 20.1 Å². The van der Waals surface area contributed by atoms with Crippen LogP contribution in [0, 0.1) is 5.92 Å². The highest BCUT2D eigenvalue weighted by molar-refractivity contribution is 7.86. The molecule has 0 bridgehead atoms. The van der Waals surface area contributed by atoms with Crippen molar-refractivity contribution in [1.82, 2.24) is 8.61 Å². The molecule has 0 saturated carbocycles. The number of carbonyl (C=O) groups is 1. The molecule has 0 aromatic rings. The normalized spacial score (nSPS) is 22.7. The van der Waals surface area contributed by atoms with Crippen LogP contribution in [0.2, 0.25) is 0 Å². The molecule has 1 saturated heterocycles. The van der Waals surface area contributed by atoms with Crippen LogP contribution in [-0.2, 0) is 19.7 Å². The predicted octanol–water partition coefficient (Wildman–Crippen LogP) is 0.0679. The Morgan fingerprint density at radius 1 is 1.53 bits per heavy atom. The molecular formula is C10H20N2O4S. The Bertz CT molecular complexity index is 369. The van der Waals surface area contributed by atoms with Gasteiger partial charge >= 0.3 is 5.97 Å². The first-order valence-electron chi connectivity index (χ1n) is 5.66. The Hall–Kier alpha value is -0.660. The molecule has 1 fully saturated rings. The number of hydrogen-bond acceptors (Lipinski definition) is 4. The lowest BCUT2D eigenvalue weighted by Gasteiger charge is -2.32. The van der Waals surface area contributed by atoms with E-state index in [-0.39, 0.29) is 6.54 Å². The minimum absolute atomic E-state index is 0.246. The van der Waals surface area contributed by atoms with Crippen LogP contribution >= 0.6 is 0 Å². The zero-order valence-electron chi connectivity index (χ0n) is 10.5. The highest BCUT2D eigenvalue weighted by atomic mass is 32.2. The van der Waals surface area contributed by atoms with E-state index in [1.54, 1.807) is 0 Å². The van der Waals surface area contributed by atoms with Crippen LogP contribution in [0.5, 0.6) is 0 Å². The molecular weight excluding hydrogens is 244 g/mol. The number of likely N-dealkylation sites (N-methyl/N-ethyl adjacent to an activating group) is 1. The third-order valence-electron chi connectivity index (χ3n) is 2.92. The summed E-state index contributed by atoms with van der Waals surface area (Å²) >= 11 is 0. The predicted molar refractivity (Wildman–Crippen MR) is 63.5 cm³/mol. The van der Waals surface area contributed by atoms with Crippen molar-refractivity contribution in [3.8, 4) is 0 Å². The summed E-state index contributed by atoms with van der Waals surface area (Å²) in [5.74, 6) is -0.189. The van der Waals surface area contributed by atoms with Gasteiger partial charge in [-0.25, -0.2) is 0 Å². The fourth-order valence-corrected chi connectivity index (χ4v) is 3.35. The molecule has 17 heavy (non-hydrogen) atoms. The molecule has 0 amide bonds. The van der Waals surface area contributed by atoms with E-state index in [1.165, 1.54) is 18.5 Å². The molecule has 0 N–H and O–H groups in total. The average molecular weight is 264 g/mol. The van der Waals surface area contributed by atoms with Crippen LogP contribution < -0.4 is 0 Å². The first-order chi connectivity index (χ1) is 7.87. The Balaban J connectivity index is 2.69. The molecule has 1 rings (SSSR count). The maximum atomic E-state index is 12.1. The molecule has 1 heterocycles. The van der Waals surface area contributed by atoms with Crippen molar-refractivity contribution in [3.63, 3.8) is 0 Å². The Kier molecular flexibility index (Phi) is 4.91. The van der Waals surface area contributed by atoms with Crippen LogP contribution in [0.1, 0.15) is 19.8 Å². The third kappa shape index (κ3) is 3.65. The maximum Gasteiger partial charge on any atom is 0.321 e.